The molecule has 2 aromatic rings. The van der Waals surface area contributed by atoms with E-state index in [0.29, 0.717) is 5.92 Å². The van der Waals surface area contributed by atoms with Crippen molar-refractivity contribution in [3.63, 3.8) is 0 Å². The molecule has 0 heterocycles. The smallest absolute Gasteiger partial charge is 0.131 e. The Morgan fingerprint density at radius 2 is 1.53 bits per heavy atom. The monoisotopic (exact) mass is 222 g/mol. The highest BCUT2D eigenvalue weighted by Gasteiger charge is 2.55. The number of carbonyl (C=O) groups excluding carboxylic acids is 1. The van der Waals surface area contributed by atoms with Gasteiger partial charge < -0.3 is 4.79 Å². The number of hydrogen-bond donors (Lipinski definition) is 0. The average Bonchev–Trinajstić information content (AvgIpc) is 3.17. The minimum Gasteiger partial charge on any atom is -0.302 e. The molecular weight excluding hydrogens is 208 g/mol. The first kappa shape index (κ1) is 10.3. The summed E-state index contributed by atoms with van der Waals surface area (Å²) in [6, 6.07) is 20.4. The van der Waals surface area contributed by atoms with Crippen molar-refractivity contribution in [2.75, 3.05) is 0 Å². The van der Waals surface area contributed by atoms with Crippen LogP contribution in [0.15, 0.2) is 60.7 Å². The molecule has 1 heteroatoms. The minimum absolute atomic E-state index is 0.275. The van der Waals surface area contributed by atoms with E-state index in [0.717, 1.165) is 18.3 Å². The summed E-state index contributed by atoms with van der Waals surface area (Å²) in [7, 11) is 0. The predicted molar refractivity (Wildman–Crippen MR) is 68.0 cm³/mol. The van der Waals surface area contributed by atoms with Gasteiger partial charge in [-0.05, 0) is 17.5 Å². The Labute approximate surface area is 101 Å². The van der Waals surface area contributed by atoms with E-state index in [1.54, 1.807) is 0 Å². The van der Waals surface area contributed by atoms with Gasteiger partial charge >= 0.3 is 0 Å². The van der Waals surface area contributed by atoms with Crippen LogP contribution in [-0.4, -0.2) is 6.29 Å². The molecule has 2 atom stereocenters. The van der Waals surface area contributed by atoms with E-state index in [1.807, 2.05) is 36.4 Å². The van der Waals surface area contributed by atoms with Crippen molar-refractivity contribution >= 4 is 6.29 Å². The summed E-state index contributed by atoms with van der Waals surface area (Å²) in [5.41, 5.74) is 2.13. The summed E-state index contributed by atoms with van der Waals surface area (Å²) in [6.07, 6.45) is 2.06. The second kappa shape index (κ2) is 3.85. The largest absolute Gasteiger partial charge is 0.302 e. The highest BCUT2D eigenvalue weighted by molar-refractivity contribution is 5.77. The SMILES string of the molecule is O=CC1(c2ccccc2)CC1c1ccccc1. The standard InChI is InChI=1S/C16H14O/c17-12-16(14-9-5-2-6-10-14)11-15(16)13-7-3-1-4-8-13/h1-10,12,15H,11H2. The summed E-state index contributed by atoms with van der Waals surface area (Å²) < 4.78 is 0. The first-order chi connectivity index (χ1) is 8.37. The van der Waals surface area contributed by atoms with Gasteiger partial charge in [-0.25, -0.2) is 0 Å². The Morgan fingerprint density at radius 1 is 0.941 bits per heavy atom. The molecule has 0 N–H and O–H groups in total. The highest BCUT2D eigenvalue weighted by Crippen LogP contribution is 2.58. The molecule has 1 fully saturated rings. The number of hydrogen-bond acceptors (Lipinski definition) is 1. The summed E-state index contributed by atoms with van der Waals surface area (Å²) in [5.74, 6) is 0.351. The summed E-state index contributed by atoms with van der Waals surface area (Å²) in [4.78, 5) is 11.5. The van der Waals surface area contributed by atoms with E-state index in [4.69, 9.17) is 0 Å². The normalized spacial score (nSPS) is 26.5. The third kappa shape index (κ3) is 1.59. The lowest BCUT2D eigenvalue weighted by atomic mass is 9.92. The van der Waals surface area contributed by atoms with Crippen molar-refractivity contribution in [2.45, 2.75) is 17.8 Å². The van der Waals surface area contributed by atoms with Gasteiger partial charge in [-0.15, -0.1) is 0 Å². The molecule has 1 saturated carbocycles. The molecule has 17 heavy (non-hydrogen) atoms. The Hall–Kier alpha value is -1.89. The Morgan fingerprint density at radius 3 is 2.12 bits per heavy atom. The molecule has 2 unspecified atom stereocenters. The molecule has 1 aliphatic carbocycles. The molecule has 1 nitrogen and oxygen atoms in total. The van der Waals surface area contributed by atoms with Gasteiger partial charge in [-0.2, -0.15) is 0 Å². The maximum absolute atomic E-state index is 11.5. The van der Waals surface area contributed by atoms with Gasteiger partial charge in [-0.1, -0.05) is 60.7 Å². The van der Waals surface area contributed by atoms with Crippen LogP contribution >= 0.6 is 0 Å². The molecule has 1 aliphatic rings. The fraction of sp³-hybridized carbons (Fsp3) is 0.188. The molecule has 0 radical (unpaired) electrons. The molecule has 0 saturated heterocycles. The topological polar surface area (TPSA) is 17.1 Å². The van der Waals surface area contributed by atoms with Crippen LogP contribution in [0.25, 0.3) is 0 Å². The van der Waals surface area contributed by atoms with Crippen LogP contribution in [0.5, 0.6) is 0 Å². The maximum atomic E-state index is 11.5. The predicted octanol–water partition coefficient (Wildman–Crippen LogP) is 3.31. The molecule has 0 amide bonds. The fourth-order valence-electron chi connectivity index (χ4n) is 2.65. The van der Waals surface area contributed by atoms with Crippen molar-refractivity contribution in [2.24, 2.45) is 0 Å². The van der Waals surface area contributed by atoms with Crippen molar-refractivity contribution < 1.29 is 4.79 Å². The molecule has 84 valence electrons. The van der Waals surface area contributed by atoms with E-state index in [2.05, 4.69) is 24.3 Å². The van der Waals surface area contributed by atoms with Gasteiger partial charge in [0, 0.05) is 5.92 Å². The quantitative estimate of drug-likeness (QED) is 0.728. The van der Waals surface area contributed by atoms with E-state index in [-0.39, 0.29) is 5.41 Å². The average molecular weight is 222 g/mol. The summed E-state index contributed by atoms with van der Waals surface area (Å²) >= 11 is 0. The molecule has 0 aromatic heterocycles. The van der Waals surface area contributed by atoms with Crippen LogP contribution in [0, 0.1) is 0 Å². The molecule has 2 aromatic carbocycles. The molecule has 0 bridgehead atoms. The van der Waals surface area contributed by atoms with Crippen LogP contribution in [0.4, 0.5) is 0 Å². The fourth-order valence-corrected chi connectivity index (χ4v) is 2.65. The van der Waals surface area contributed by atoms with Crippen LogP contribution in [-0.2, 0) is 10.2 Å². The van der Waals surface area contributed by atoms with Gasteiger partial charge in [0.25, 0.3) is 0 Å². The Kier molecular flexibility index (Phi) is 2.32. The zero-order valence-corrected chi connectivity index (χ0v) is 9.54. The lowest BCUT2D eigenvalue weighted by Crippen LogP contribution is -2.10. The van der Waals surface area contributed by atoms with E-state index in [1.165, 1.54) is 5.56 Å². The van der Waals surface area contributed by atoms with Crippen molar-refractivity contribution in [1.82, 2.24) is 0 Å². The number of aldehydes is 1. The Balaban J connectivity index is 1.97. The van der Waals surface area contributed by atoms with Crippen molar-refractivity contribution in [3.05, 3.63) is 71.8 Å². The van der Waals surface area contributed by atoms with E-state index < -0.39 is 0 Å². The summed E-state index contributed by atoms with van der Waals surface area (Å²) in [5, 5.41) is 0. The first-order valence-electron chi connectivity index (χ1n) is 5.93. The van der Waals surface area contributed by atoms with E-state index in [9.17, 15) is 4.79 Å². The molecule has 3 rings (SSSR count). The highest BCUT2D eigenvalue weighted by atomic mass is 16.1. The molecular formula is C16H14O. The second-order valence-electron chi connectivity index (χ2n) is 4.69. The van der Waals surface area contributed by atoms with E-state index >= 15 is 0 Å². The van der Waals surface area contributed by atoms with Crippen LogP contribution in [0.1, 0.15) is 23.5 Å². The zero-order valence-electron chi connectivity index (χ0n) is 9.54. The summed E-state index contributed by atoms with van der Waals surface area (Å²) in [6.45, 7) is 0. The Bertz CT molecular complexity index is 518. The second-order valence-corrected chi connectivity index (χ2v) is 4.69. The lowest BCUT2D eigenvalue weighted by molar-refractivity contribution is -0.110. The number of carbonyl (C=O) groups is 1. The number of rotatable bonds is 3. The van der Waals surface area contributed by atoms with Gasteiger partial charge in [0.15, 0.2) is 0 Å². The van der Waals surface area contributed by atoms with Crippen molar-refractivity contribution in [3.8, 4) is 0 Å². The third-order valence-corrected chi connectivity index (χ3v) is 3.73. The van der Waals surface area contributed by atoms with Gasteiger partial charge in [-0.3, -0.25) is 0 Å². The molecule has 0 spiro atoms. The van der Waals surface area contributed by atoms with Gasteiger partial charge in [0.2, 0.25) is 0 Å². The first-order valence-corrected chi connectivity index (χ1v) is 5.93. The van der Waals surface area contributed by atoms with Crippen molar-refractivity contribution in [1.29, 1.82) is 0 Å². The third-order valence-electron chi connectivity index (χ3n) is 3.73. The van der Waals surface area contributed by atoms with Crippen LogP contribution in [0.3, 0.4) is 0 Å². The van der Waals surface area contributed by atoms with Gasteiger partial charge in [0.05, 0.1) is 5.41 Å². The van der Waals surface area contributed by atoms with Crippen LogP contribution < -0.4 is 0 Å². The minimum atomic E-state index is -0.275. The zero-order chi connectivity index (χ0) is 11.7. The van der Waals surface area contributed by atoms with Gasteiger partial charge in [0.1, 0.15) is 6.29 Å². The lowest BCUT2D eigenvalue weighted by Gasteiger charge is -2.10. The maximum Gasteiger partial charge on any atom is 0.131 e. The molecule has 0 aliphatic heterocycles. The van der Waals surface area contributed by atoms with Crippen LogP contribution in [0.2, 0.25) is 0 Å². The number of benzene rings is 2.